The summed E-state index contributed by atoms with van der Waals surface area (Å²) in [5.74, 6) is -1.63. The Bertz CT molecular complexity index is 2550. The van der Waals surface area contributed by atoms with Crippen LogP contribution in [0.1, 0.15) is 68.5 Å². The maximum absolute atomic E-state index is 12.3. The topological polar surface area (TPSA) is 51.2 Å². The van der Waals surface area contributed by atoms with Crippen LogP contribution in [0.15, 0.2) is 159 Å². The first-order valence-electron chi connectivity index (χ1n) is 25.5. The third kappa shape index (κ3) is 34.6. The predicted octanol–water partition coefficient (Wildman–Crippen LogP) is 18.9. The molecule has 4 aromatic carbocycles. The molecule has 0 radical (unpaired) electrons. The number of benzene rings is 4. The summed E-state index contributed by atoms with van der Waals surface area (Å²) in [6.07, 6.45) is -2.08. The lowest BCUT2D eigenvalue weighted by molar-refractivity contribution is -0.143. The van der Waals surface area contributed by atoms with Gasteiger partial charge in [-0.15, -0.1) is 11.3 Å². The molecule has 2 aliphatic rings. The molecule has 0 atom stereocenters. The van der Waals surface area contributed by atoms with E-state index in [0.717, 1.165) is 82.1 Å². The van der Waals surface area contributed by atoms with E-state index in [1.807, 2.05) is 32.0 Å². The molecule has 8 aromatic rings. The SMILES string of the molecule is CCCc1ccc(N2CCOCC2)cc1.CF.CN1CCOCC1.Cc1cc(C(F)(F)F)cc(C(F)(F)F)c1.Cc1ccc(F)c(F)c1.Cc1ccc(F)cc1F.Cc1ccco1.Cc1cccs1.Cc1ccoc1.Cc1ccsc1. The number of aryl methyl sites for hydroxylation is 8. The highest BCUT2D eigenvalue weighted by Gasteiger charge is 2.36. The van der Waals surface area contributed by atoms with Gasteiger partial charge in [0.15, 0.2) is 11.6 Å². The fourth-order valence-corrected chi connectivity index (χ4v) is 7.50. The maximum atomic E-state index is 12.3. The number of hydrogen-bond acceptors (Lipinski definition) is 8. The van der Waals surface area contributed by atoms with Crippen molar-refractivity contribution in [1.82, 2.24) is 4.90 Å². The zero-order valence-electron chi connectivity index (χ0n) is 47.5. The Kier molecular flexibility index (Phi) is 36.7. The standard InChI is InChI=1S/C13H19NO.C9H6F6.2C7H6F2.C5H11NO.2C5H6O.2C5H6S.CH3F/c1-2-3-12-4-6-13(7-5-12)14-8-10-15-11-9-14;1-5-2-6(8(10,11)12)4-7(3-5)9(13,14)15;1-5-2-3-6(8)4-7(5)9;1-5-2-3-6(8)7(9)4-5;1-6-2-4-7-5-3-6;1-5-2-3-6-4-5;1-5-3-2-4-6-5;1-5-2-3-6-4-5;1-5-3-2-4-6-5;1-2/h4-7H,2-3,8-11H2,1H3;2-4H,1H3;2*2-4H,1H3;2-5H2,1H3;4*2-4H,1H3;1H3. The van der Waals surface area contributed by atoms with Crippen molar-refractivity contribution in [3.8, 4) is 0 Å². The molecule has 6 nitrogen and oxygen atoms in total. The van der Waals surface area contributed by atoms with Crippen molar-refractivity contribution in [1.29, 1.82) is 0 Å². The number of alkyl halides is 7. The van der Waals surface area contributed by atoms with E-state index in [0.29, 0.717) is 24.9 Å². The average Bonchev–Trinajstić information content (AvgIpc) is 4.32. The monoisotopic (exact) mass is 1180 g/mol. The molecule has 0 saturated carbocycles. The minimum absolute atomic E-state index is 0.0721. The lowest BCUT2D eigenvalue weighted by Crippen LogP contribution is -2.36. The molecule has 446 valence electrons. The Balaban J connectivity index is 0.000000465. The molecule has 4 aromatic heterocycles. The Morgan fingerprint density at radius 2 is 1.15 bits per heavy atom. The van der Waals surface area contributed by atoms with Crippen LogP contribution in [0.2, 0.25) is 0 Å². The van der Waals surface area contributed by atoms with Crippen LogP contribution in [0.4, 0.5) is 54.0 Å². The van der Waals surface area contributed by atoms with E-state index in [1.165, 1.54) is 65.2 Å². The molecule has 81 heavy (non-hydrogen) atoms. The molecule has 2 fully saturated rings. The van der Waals surface area contributed by atoms with E-state index in [9.17, 15) is 48.3 Å². The van der Waals surface area contributed by atoms with Gasteiger partial charge in [-0.05, 0) is 190 Å². The molecule has 2 aliphatic heterocycles. The highest BCUT2D eigenvalue weighted by molar-refractivity contribution is 7.09. The van der Waals surface area contributed by atoms with Crippen molar-refractivity contribution < 1.29 is 66.6 Å². The molecule has 0 spiro atoms. The molecule has 6 heterocycles. The quantitative estimate of drug-likeness (QED) is 0.164. The van der Waals surface area contributed by atoms with Crippen LogP contribution in [-0.4, -0.2) is 71.7 Å². The molecule has 19 heteroatoms. The van der Waals surface area contributed by atoms with Gasteiger partial charge >= 0.3 is 12.4 Å². The molecular weight excluding hydrogens is 1110 g/mol. The minimum Gasteiger partial charge on any atom is -0.472 e. The zero-order chi connectivity index (χ0) is 60.8. The van der Waals surface area contributed by atoms with E-state index >= 15 is 0 Å². The Hall–Kier alpha value is -6.25. The van der Waals surface area contributed by atoms with Crippen LogP contribution < -0.4 is 4.90 Å². The van der Waals surface area contributed by atoms with Crippen molar-refractivity contribution in [2.24, 2.45) is 0 Å². The second-order valence-electron chi connectivity index (χ2n) is 17.9. The highest BCUT2D eigenvalue weighted by atomic mass is 32.1. The van der Waals surface area contributed by atoms with Crippen molar-refractivity contribution in [2.75, 3.05) is 71.7 Å². The summed E-state index contributed by atoms with van der Waals surface area (Å²) >= 11 is 3.52. The number of rotatable bonds is 3. The summed E-state index contributed by atoms with van der Waals surface area (Å²) in [4.78, 5) is 6.04. The van der Waals surface area contributed by atoms with Gasteiger partial charge in [0.2, 0.25) is 0 Å². The first-order chi connectivity index (χ1) is 38.4. The summed E-state index contributed by atoms with van der Waals surface area (Å²) < 4.78 is 151. The molecule has 0 N–H and O–H groups in total. The van der Waals surface area contributed by atoms with Gasteiger partial charge in [-0.25, -0.2) is 17.6 Å². The number of likely N-dealkylation sites (N-methyl/N-ethyl adjacent to an activating group) is 1. The maximum Gasteiger partial charge on any atom is 0.416 e. The third-order valence-corrected chi connectivity index (χ3v) is 12.3. The summed E-state index contributed by atoms with van der Waals surface area (Å²) in [6, 6.07) is 29.7. The van der Waals surface area contributed by atoms with Crippen LogP contribution in [0, 0.1) is 71.7 Å². The first kappa shape index (κ1) is 72.8. The molecular formula is C62H75F11N2O4S2. The van der Waals surface area contributed by atoms with Crippen LogP contribution in [0.5, 0.6) is 0 Å². The van der Waals surface area contributed by atoms with Crippen LogP contribution in [-0.2, 0) is 28.2 Å². The molecule has 0 bridgehead atoms. The Labute approximate surface area is 478 Å². The summed E-state index contributed by atoms with van der Waals surface area (Å²) in [5.41, 5.74) is 3.87. The van der Waals surface area contributed by atoms with Crippen LogP contribution >= 0.6 is 22.7 Å². The van der Waals surface area contributed by atoms with Gasteiger partial charge in [0, 0.05) is 42.8 Å². The van der Waals surface area contributed by atoms with Crippen LogP contribution in [0.25, 0.3) is 0 Å². The van der Waals surface area contributed by atoms with Gasteiger partial charge < -0.3 is 28.1 Å². The average molecular weight is 1190 g/mol. The normalized spacial score (nSPS) is 12.5. The molecule has 0 unspecified atom stereocenters. The van der Waals surface area contributed by atoms with Gasteiger partial charge in [-0.1, -0.05) is 43.7 Å². The third-order valence-electron chi connectivity index (χ3n) is 10.7. The number of morpholine rings is 2. The van der Waals surface area contributed by atoms with Crippen molar-refractivity contribution in [3.63, 3.8) is 0 Å². The van der Waals surface area contributed by atoms with Crippen molar-refractivity contribution in [3.05, 3.63) is 229 Å². The summed E-state index contributed by atoms with van der Waals surface area (Å²) in [5, 5.41) is 6.28. The number of anilines is 1. The van der Waals surface area contributed by atoms with Gasteiger partial charge in [-0.2, -0.15) is 37.7 Å². The lowest BCUT2D eigenvalue weighted by Gasteiger charge is -2.28. The molecule has 0 aliphatic carbocycles. The fourth-order valence-electron chi connectivity index (χ4n) is 6.30. The van der Waals surface area contributed by atoms with Gasteiger partial charge in [0.05, 0.1) is 63.5 Å². The second-order valence-corrected chi connectivity index (χ2v) is 19.8. The molecule has 2 saturated heterocycles. The van der Waals surface area contributed by atoms with E-state index in [2.05, 4.69) is 96.2 Å². The number of hydrogen-bond donors (Lipinski definition) is 0. The summed E-state index contributed by atoms with van der Waals surface area (Å²) in [6.45, 7) is 22.6. The largest absolute Gasteiger partial charge is 0.472 e. The minimum atomic E-state index is -4.76. The van der Waals surface area contributed by atoms with Gasteiger partial charge in [0.25, 0.3) is 0 Å². The first-order valence-corrected chi connectivity index (χ1v) is 27.3. The predicted molar refractivity (Wildman–Crippen MR) is 307 cm³/mol. The number of halogens is 11. The fraction of sp³-hybridized carbons (Fsp3) is 0.355. The van der Waals surface area contributed by atoms with E-state index in [1.54, 1.807) is 55.3 Å². The number of thiophene rings is 2. The number of nitrogens with zero attached hydrogens (tertiary/aromatic N) is 2. The van der Waals surface area contributed by atoms with Crippen molar-refractivity contribution >= 4 is 28.4 Å². The molecule has 10 rings (SSSR count). The van der Waals surface area contributed by atoms with E-state index in [-0.39, 0.29) is 11.6 Å². The molecule has 0 amide bonds. The van der Waals surface area contributed by atoms with E-state index < -0.39 is 46.7 Å². The number of ether oxygens (including phenoxy) is 2. The van der Waals surface area contributed by atoms with Gasteiger partial charge in [0.1, 0.15) is 17.4 Å². The lowest BCUT2D eigenvalue weighted by atomic mass is 10.1. The Morgan fingerprint density at radius 1 is 0.543 bits per heavy atom. The zero-order valence-corrected chi connectivity index (χ0v) is 49.1. The van der Waals surface area contributed by atoms with Crippen molar-refractivity contribution in [2.45, 2.75) is 80.6 Å². The second kappa shape index (κ2) is 40.9. The smallest absolute Gasteiger partial charge is 0.416 e. The summed E-state index contributed by atoms with van der Waals surface area (Å²) in [7, 11) is 2.61. The highest BCUT2D eigenvalue weighted by Crippen LogP contribution is 2.36. The Morgan fingerprint density at radius 3 is 1.47 bits per heavy atom. The van der Waals surface area contributed by atoms with Crippen LogP contribution in [0.3, 0.4) is 0 Å². The number of furan rings is 2. The van der Waals surface area contributed by atoms with E-state index in [4.69, 9.17) is 18.3 Å². The van der Waals surface area contributed by atoms with Gasteiger partial charge in [-0.3, -0.25) is 4.39 Å².